The minimum atomic E-state index is -1.000. The molecule has 1 saturated carbocycles. The van der Waals surface area contributed by atoms with Crippen LogP contribution in [0.4, 0.5) is 0 Å². The van der Waals surface area contributed by atoms with Gasteiger partial charge in [-0.25, -0.2) is 0 Å². The van der Waals surface area contributed by atoms with Crippen LogP contribution in [-0.2, 0) is 40.3 Å². The minimum Gasteiger partial charge on any atom is -0.391 e. The number of carbonyl (C=O) groups is 3. The van der Waals surface area contributed by atoms with Crippen molar-refractivity contribution < 1.29 is 24.6 Å². The molecule has 3 aliphatic rings. The van der Waals surface area contributed by atoms with Crippen LogP contribution >= 0.6 is 0 Å². The summed E-state index contributed by atoms with van der Waals surface area (Å²) in [6.07, 6.45) is 4.14. The van der Waals surface area contributed by atoms with Crippen LogP contribution in [0.3, 0.4) is 0 Å². The first-order chi connectivity index (χ1) is 25.3. The van der Waals surface area contributed by atoms with E-state index >= 15 is 0 Å². The SMILES string of the molecule is O=C(N[C@H]1c2ccccc2C[C@H]1O)[C@@H](Cc1ccccc1)C[C@H](O)CNC(=O)[C@H]1[C@H](C(=O)N(Cc2ccccc2)Cc2ccccc2)[C@@H]2C=C[C@H]1C2. The highest BCUT2D eigenvalue weighted by atomic mass is 16.3. The van der Waals surface area contributed by atoms with Crippen molar-refractivity contribution in [1.82, 2.24) is 15.5 Å². The fraction of sp³-hybridized carbons (Fsp3) is 0.341. The lowest BCUT2D eigenvalue weighted by molar-refractivity contribution is -0.143. The predicted octanol–water partition coefficient (Wildman–Crippen LogP) is 5.15. The van der Waals surface area contributed by atoms with Crippen molar-refractivity contribution in [2.45, 2.75) is 57.0 Å². The van der Waals surface area contributed by atoms with Gasteiger partial charge in [0.1, 0.15) is 0 Å². The first kappa shape index (κ1) is 35.4. The Morgan fingerprint density at radius 1 is 0.731 bits per heavy atom. The first-order valence-corrected chi connectivity index (χ1v) is 18.4. The molecular formula is C44H47N3O5. The van der Waals surface area contributed by atoms with Crippen molar-refractivity contribution in [2.75, 3.05) is 6.54 Å². The molecule has 2 bridgehead atoms. The first-order valence-electron chi connectivity index (χ1n) is 18.4. The quantitative estimate of drug-likeness (QED) is 0.136. The van der Waals surface area contributed by atoms with E-state index in [9.17, 15) is 24.6 Å². The summed E-state index contributed by atoms with van der Waals surface area (Å²) in [7, 11) is 0. The van der Waals surface area contributed by atoms with E-state index in [1.54, 1.807) is 0 Å². The van der Waals surface area contributed by atoms with E-state index in [1.807, 2.05) is 120 Å². The van der Waals surface area contributed by atoms with Crippen LogP contribution in [0.5, 0.6) is 0 Å². The lowest BCUT2D eigenvalue weighted by Gasteiger charge is -2.32. The van der Waals surface area contributed by atoms with Crippen molar-refractivity contribution in [1.29, 1.82) is 0 Å². The third-order valence-electron chi connectivity index (χ3n) is 11.1. The Morgan fingerprint density at radius 2 is 1.29 bits per heavy atom. The molecule has 0 heterocycles. The monoisotopic (exact) mass is 697 g/mol. The average Bonchev–Trinajstić information content (AvgIpc) is 3.88. The van der Waals surface area contributed by atoms with Crippen molar-refractivity contribution in [3.05, 3.63) is 155 Å². The van der Waals surface area contributed by atoms with Crippen LogP contribution in [0, 0.1) is 29.6 Å². The number of carbonyl (C=O) groups excluding carboxylic acids is 3. The van der Waals surface area contributed by atoms with Gasteiger partial charge in [0, 0.05) is 32.0 Å². The molecule has 4 N–H and O–H groups in total. The summed E-state index contributed by atoms with van der Waals surface area (Å²) in [5, 5.41) is 28.1. The maximum atomic E-state index is 14.4. The zero-order valence-electron chi connectivity index (χ0n) is 29.3. The molecule has 52 heavy (non-hydrogen) atoms. The average molecular weight is 698 g/mol. The summed E-state index contributed by atoms with van der Waals surface area (Å²) in [6, 6.07) is 36.7. The number of benzene rings is 4. The molecule has 4 aromatic carbocycles. The van der Waals surface area contributed by atoms with Crippen LogP contribution < -0.4 is 10.6 Å². The number of nitrogens with one attached hydrogen (secondary N) is 2. The van der Waals surface area contributed by atoms with Crippen molar-refractivity contribution >= 4 is 17.7 Å². The number of aliphatic hydroxyl groups is 2. The maximum Gasteiger partial charge on any atom is 0.227 e. The van der Waals surface area contributed by atoms with E-state index in [1.165, 1.54) is 0 Å². The van der Waals surface area contributed by atoms with Crippen LogP contribution in [0.25, 0.3) is 0 Å². The number of aliphatic hydroxyl groups excluding tert-OH is 2. The maximum absolute atomic E-state index is 14.4. The van der Waals surface area contributed by atoms with Gasteiger partial charge < -0.3 is 25.7 Å². The summed E-state index contributed by atoms with van der Waals surface area (Å²) in [6.45, 7) is 0.837. The van der Waals surface area contributed by atoms with E-state index in [-0.39, 0.29) is 42.5 Å². The van der Waals surface area contributed by atoms with Crippen LogP contribution in [0.15, 0.2) is 127 Å². The van der Waals surface area contributed by atoms with Gasteiger partial charge in [0.05, 0.1) is 30.1 Å². The zero-order valence-corrected chi connectivity index (χ0v) is 29.3. The molecule has 0 saturated heterocycles. The highest BCUT2D eigenvalue weighted by Crippen LogP contribution is 2.49. The third-order valence-corrected chi connectivity index (χ3v) is 11.1. The fourth-order valence-electron chi connectivity index (χ4n) is 8.50. The second kappa shape index (κ2) is 16.1. The molecule has 0 unspecified atom stereocenters. The largest absolute Gasteiger partial charge is 0.391 e. The standard InChI is InChI=1S/C44H47N3O5/c48-36(24-35(22-29-12-4-1-5-13-29)42(50)46-41-37-19-11-10-18-32(37)25-38(41)49)26-45-43(51)39-33-20-21-34(23-33)40(39)44(52)47(27-30-14-6-2-7-15-30)28-31-16-8-3-9-17-31/h1-21,33-36,38-41,48-49H,22-28H2,(H,45,51)(H,46,50)/t33-,34+,35-,36-,38+,39+,40+,41-/m0/s1. The fourth-order valence-corrected chi connectivity index (χ4v) is 8.50. The second-order valence-corrected chi connectivity index (χ2v) is 14.6. The number of allylic oxidation sites excluding steroid dienone is 2. The van der Waals surface area contributed by atoms with E-state index in [4.69, 9.17) is 0 Å². The number of fused-ring (bicyclic) bond motifs is 3. The number of amides is 3. The summed E-state index contributed by atoms with van der Waals surface area (Å²) in [5.41, 5.74) is 4.92. The van der Waals surface area contributed by atoms with Gasteiger partial charge in [-0.15, -0.1) is 0 Å². The number of nitrogens with zero attached hydrogens (tertiary/aromatic N) is 1. The van der Waals surface area contributed by atoms with Crippen molar-refractivity contribution in [3.8, 4) is 0 Å². The number of hydrogen-bond donors (Lipinski definition) is 4. The summed E-state index contributed by atoms with van der Waals surface area (Å²) in [5.74, 6) is -2.27. The molecule has 8 atom stereocenters. The van der Waals surface area contributed by atoms with E-state index in [0.717, 1.165) is 34.2 Å². The van der Waals surface area contributed by atoms with Gasteiger partial charge in [0.2, 0.25) is 17.7 Å². The molecule has 3 aliphatic carbocycles. The Hall–Kier alpha value is -5.05. The van der Waals surface area contributed by atoms with Gasteiger partial charge in [-0.2, -0.15) is 0 Å². The number of rotatable bonds is 14. The highest BCUT2D eigenvalue weighted by Gasteiger charge is 2.52. The van der Waals surface area contributed by atoms with Gasteiger partial charge in [-0.05, 0) is 58.9 Å². The number of hydrogen-bond acceptors (Lipinski definition) is 5. The Morgan fingerprint density at radius 3 is 1.92 bits per heavy atom. The highest BCUT2D eigenvalue weighted by molar-refractivity contribution is 5.90. The van der Waals surface area contributed by atoms with Crippen LogP contribution in [0.1, 0.15) is 46.7 Å². The van der Waals surface area contributed by atoms with Crippen LogP contribution in [0.2, 0.25) is 0 Å². The summed E-state index contributed by atoms with van der Waals surface area (Å²) in [4.78, 5) is 44.1. The molecule has 0 spiro atoms. The molecule has 268 valence electrons. The molecule has 8 heteroatoms. The second-order valence-electron chi connectivity index (χ2n) is 14.6. The molecule has 0 radical (unpaired) electrons. The third kappa shape index (κ3) is 8.04. The molecular weight excluding hydrogens is 650 g/mol. The van der Waals surface area contributed by atoms with Gasteiger partial charge >= 0.3 is 0 Å². The summed E-state index contributed by atoms with van der Waals surface area (Å²) < 4.78 is 0. The molecule has 7 rings (SSSR count). The minimum absolute atomic E-state index is 0.0257. The van der Waals surface area contributed by atoms with Crippen molar-refractivity contribution in [2.24, 2.45) is 29.6 Å². The smallest absolute Gasteiger partial charge is 0.227 e. The lowest BCUT2D eigenvalue weighted by Crippen LogP contribution is -2.47. The van der Waals surface area contributed by atoms with E-state index < -0.39 is 36.0 Å². The lowest BCUT2D eigenvalue weighted by atomic mass is 9.81. The Balaban J connectivity index is 1.03. The summed E-state index contributed by atoms with van der Waals surface area (Å²) >= 11 is 0. The zero-order chi connectivity index (χ0) is 36.0. The van der Waals surface area contributed by atoms with Gasteiger partial charge in [-0.1, -0.05) is 127 Å². The Kier molecular flexibility index (Phi) is 10.9. The van der Waals surface area contributed by atoms with Gasteiger partial charge in [0.15, 0.2) is 0 Å². The van der Waals surface area contributed by atoms with Crippen LogP contribution in [-0.4, -0.2) is 51.6 Å². The van der Waals surface area contributed by atoms with E-state index in [2.05, 4.69) is 22.8 Å². The van der Waals surface area contributed by atoms with Gasteiger partial charge in [0.25, 0.3) is 0 Å². The normalized spacial score (nSPS) is 23.8. The topological polar surface area (TPSA) is 119 Å². The molecule has 1 fully saturated rings. The predicted molar refractivity (Wildman–Crippen MR) is 199 cm³/mol. The molecule has 4 aromatic rings. The molecule has 0 aliphatic heterocycles. The van der Waals surface area contributed by atoms with E-state index in [0.29, 0.717) is 25.9 Å². The van der Waals surface area contributed by atoms with Gasteiger partial charge in [-0.3, -0.25) is 14.4 Å². The molecule has 8 nitrogen and oxygen atoms in total. The Labute approximate surface area is 305 Å². The van der Waals surface area contributed by atoms with Crippen molar-refractivity contribution in [3.63, 3.8) is 0 Å². The Bertz CT molecular complexity index is 1830. The molecule has 0 aromatic heterocycles. The molecule has 3 amide bonds.